The summed E-state index contributed by atoms with van der Waals surface area (Å²) in [4.78, 5) is 23.0. The summed E-state index contributed by atoms with van der Waals surface area (Å²) in [5.41, 5.74) is 2.40. The van der Waals surface area contributed by atoms with E-state index in [1.807, 2.05) is 19.4 Å². The summed E-state index contributed by atoms with van der Waals surface area (Å²) in [7, 11) is 1.91. The molecule has 0 aliphatic rings. The van der Waals surface area contributed by atoms with Crippen LogP contribution in [0.2, 0.25) is 0 Å². The molecule has 0 aliphatic heterocycles. The van der Waals surface area contributed by atoms with E-state index in [0.717, 1.165) is 28.1 Å². The van der Waals surface area contributed by atoms with E-state index in [0.29, 0.717) is 12.3 Å². The van der Waals surface area contributed by atoms with E-state index < -0.39 is 0 Å². The van der Waals surface area contributed by atoms with Crippen LogP contribution in [0, 0.1) is 13.8 Å². The van der Waals surface area contributed by atoms with Gasteiger partial charge in [0.15, 0.2) is 0 Å². The van der Waals surface area contributed by atoms with Crippen LogP contribution in [0.25, 0.3) is 10.2 Å². The van der Waals surface area contributed by atoms with E-state index in [4.69, 9.17) is 0 Å². The van der Waals surface area contributed by atoms with Crippen molar-refractivity contribution in [2.75, 3.05) is 12.3 Å². The highest BCUT2D eigenvalue weighted by Crippen LogP contribution is 2.34. The second-order valence-electron chi connectivity index (χ2n) is 5.91. The maximum atomic E-state index is 12.1. The molecule has 8 heteroatoms. The molecule has 3 aromatic heterocycles. The first-order valence-electron chi connectivity index (χ1n) is 8.12. The predicted octanol–water partition coefficient (Wildman–Crippen LogP) is 2.88. The Morgan fingerprint density at radius 3 is 2.96 bits per heavy atom. The second-order valence-corrected chi connectivity index (χ2v) is 8.07. The van der Waals surface area contributed by atoms with Gasteiger partial charge in [-0.05, 0) is 37.8 Å². The predicted molar refractivity (Wildman–Crippen MR) is 102 cm³/mol. The topological polar surface area (TPSA) is 72.7 Å². The number of hydrogen-bond acceptors (Lipinski definition) is 6. The zero-order chi connectivity index (χ0) is 17.8. The Bertz CT molecular complexity index is 886. The third kappa shape index (κ3) is 4.38. The van der Waals surface area contributed by atoms with Crippen LogP contribution in [0.15, 0.2) is 23.7 Å². The Kier molecular flexibility index (Phi) is 5.70. The Labute approximate surface area is 155 Å². The van der Waals surface area contributed by atoms with Crippen LogP contribution in [0.1, 0.15) is 22.4 Å². The molecular weight excluding hydrogens is 354 g/mol. The number of fused-ring (bicyclic) bond motifs is 1. The number of thiophene rings is 1. The van der Waals surface area contributed by atoms with Gasteiger partial charge in [-0.2, -0.15) is 5.10 Å². The molecule has 25 heavy (non-hydrogen) atoms. The number of nitrogens with zero attached hydrogens (tertiary/aromatic N) is 4. The molecule has 1 amide bonds. The molecule has 0 aliphatic carbocycles. The Morgan fingerprint density at radius 2 is 2.20 bits per heavy atom. The molecule has 3 heterocycles. The van der Waals surface area contributed by atoms with E-state index in [1.54, 1.807) is 22.3 Å². The van der Waals surface area contributed by atoms with Gasteiger partial charge < -0.3 is 5.32 Å². The van der Waals surface area contributed by atoms with Crippen molar-refractivity contribution < 1.29 is 4.79 Å². The van der Waals surface area contributed by atoms with Gasteiger partial charge in [0.25, 0.3) is 0 Å². The molecule has 0 fully saturated rings. The molecule has 0 atom stereocenters. The van der Waals surface area contributed by atoms with Crippen molar-refractivity contribution in [3.8, 4) is 0 Å². The molecule has 3 rings (SSSR count). The maximum Gasteiger partial charge on any atom is 0.230 e. The zero-order valence-corrected chi connectivity index (χ0v) is 16.2. The molecule has 3 aromatic rings. The molecule has 0 saturated heterocycles. The summed E-state index contributed by atoms with van der Waals surface area (Å²) >= 11 is 3.15. The fraction of sp³-hybridized carbons (Fsp3) is 0.412. The van der Waals surface area contributed by atoms with Crippen LogP contribution >= 0.6 is 23.1 Å². The highest BCUT2D eigenvalue weighted by molar-refractivity contribution is 8.00. The molecule has 0 aromatic carbocycles. The number of amides is 1. The van der Waals surface area contributed by atoms with Crippen molar-refractivity contribution in [2.24, 2.45) is 7.05 Å². The van der Waals surface area contributed by atoms with Crippen LogP contribution in [0.3, 0.4) is 0 Å². The Morgan fingerprint density at radius 1 is 1.36 bits per heavy atom. The second kappa shape index (κ2) is 7.97. The minimum absolute atomic E-state index is 0.0348. The van der Waals surface area contributed by atoms with Crippen LogP contribution in [0.4, 0.5) is 0 Å². The first-order valence-corrected chi connectivity index (χ1v) is 9.92. The summed E-state index contributed by atoms with van der Waals surface area (Å²) in [6.07, 6.45) is 7.27. The SMILES string of the molecule is Cc1sc2ncnc(SCC(=O)NCCCc3cnn(C)c3)c2c1C. The van der Waals surface area contributed by atoms with E-state index in [-0.39, 0.29) is 5.91 Å². The van der Waals surface area contributed by atoms with Crippen LogP contribution in [0.5, 0.6) is 0 Å². The summed E-state index contributed by atoms with van der Waals surface area (Å²) in [6, 6.07) is 0. The highest BCUT2D eigenvalue weighted by Gasteiger charge is 2.13. The molecule has 0 unspecified atom stereocenters. The third-order valence-corrected chi connectivity index (χ3v) is 6.10. The molecule has 0 spiro atoms. The maximum absolute atomic E-state index is 12.1. The number of hydrogen-bond donors (Lipinski definition) is 1. The molecule has 0 bridgehead atoms. The fourth-order valence-corrected chi connectivity index (χ4v) is 4.51. The van der Waals surface area contributed by atoms with E-state index in [9.17, 15) is 4.79 Å². The molecule has 6 nitrogen and oxygen atoms in total. The van der Waals surface area contributed by atoms with Gasteiger partial charge in [-0.15, -0.1) is 11.3 Å². The van der Waals surface area contributed by atoms with E-state index in [1.165, 1.54) is 27.8 Å². The van der Waals surface area contributed by atoms with Crippen molar-refractivity contribution >= 4 is 39.2 Å². The molecule has 0 saturated carbocycles. The molecule has 1 N–H and O–H groups in total. The number of thioether (sulfide) groups is 1. The average molecular weight is 376 g/mol. The van der Waals surface area contributed by atoms with Gasteiger partial charge in [0, 0.05) is 30.1 Å². The van der Waals surface area contributed by atoms with Gasteiger partial charge >= 0.3 is 0 Å². The van der Waals surface area contributed by atoms with Gasteiger partial charge in [0.1, 0.15) is 16.2 Å². The lowest BCUT2D eigenvalue weighted by molar-refractivity contribution is -0.118. The molecule has 0 radical (unpaired) electrons. The minimum Gasteiger partial charge on any atom is -0.355 e. The van der Waals surface area contributed by atoms with E-state index >= 15 is 0 Å². The van der Waals surface area contributed by atoms with Crippen molar-refractivity contribution in [3.63, 3.8) is 0 Å². The minimum atomic E-state index is 0.0348. The number of rotatable bonds is 7. The number of aryl methyl sites for hydroxylation is 4. The number of carbonyl (C=O) groups is 1. The van der Waals surface area contributed by atoms with Gasteiger partial charge in [-0.25, -0.2) is 9.97 Å². The Balaban J connectivity index is 1.48. The monoisotopic (exact) mass is 375 g/mol. The first-order chi connectivity index (χ1) is 12.0. The standard InChI is InChI=1S/C17H21N5OS2/c1-11-12(2)25-17-15(11)16(19-10-20-17)24-9-14(23)18-6-4-5-13-7-21-22(3)8-13/h7-8,10H,4-6,9H2,1-3H3,(H,18,23). The number of carbonyl (C=O) groups excluding carboxylic acids is 1. The first kappa shape index (κ1) is 17.9. The van der Waals surface area contributed by atoms with Crippen LogP contribution < -0.4 is 5.32 Å². The smallest absolute Gasteiger partial charge is 0.230 e. The summed E-state index contributed by atoms with van der Waals surface area (Å²) in [5.74, 6) is 0.403. The van der Waals surface area contributed by atoms with Crippen LogP contribution in [-0.2, 0) is 18.3 Å². The largest absolute Gasteiger partial charge is 0.355 e. The fourth-order valence-electron chi connectivity index (χ4n) is 2.57. The number of nitrogens with one attached hydrogen (secondary N) is 1. The van der Waals surface area contributed by atoms with Crippen molar-refractivity contribution in [3.05, 3.63) is 34.7 Å². The number of aromatic nitrogens is 4. The third-order valence-electron chi connectivity index (χ3n) is 3.99. The summed E-state index contributed by atoms with van der Waals surface area (Å²) in [5, 5.41) is 9.08. The molecule has 132 valence electrons. The normalized spacial score (nSPS) is 11.2. The van der Waals surface area contributed by atoms with Crippen molar-refractivity contribution in [1.82, 2.24) is 25.1 Å². The molecular formula is C17H21N5OS2. The highest BCUT2D eigenvalue weighted by atomic mass is 32.2. The average Bonchev–Trinajstić information content (AvgIpc) is 3.13. The quantitative estimate of drug-likeness (QED) is 0.390. The summed E-state index contributed by atoms with van der Waals surface area (Å²) in [6.45, 7) is 4.84. The summed E-state index contributed by atoms with van der Waals surface area (Å²) < 4.78 is 1.79. The van der Waals surface area contributed by atoms with Gasteiger partial charge in [-0.1, -0.05) is 11.8 Å². The van der Waals surface area contributed by atoms with E-state index in [2.05, 4.69) is 34.2 Å². The lowest BCUT2D eigenvalue weighted by Gasteiger charge is -2.05. The van der Waals surface area contributed by atoms with Crippen molar-refractivity contribution in [2.45, 2.75) is 31.7 Å². The zero-order valence-electron chi connectivity index (χ0n) is 14.6. The van der Waals surface area contributed by atoms with Gasteiger partial charge in [-0.3, -0.25) is 9.48 Å². The van der Waals surface area contributed by atoms with Gasteiger partial charge in [0.05, 0.1) is 11.9 Å². The van der Waals surface area contributed by atoms with Crippen LogP contribution in [-0.4, -0.2) is 38.0 Å². The van der Waals surface area contributed by atoms with Gasteiger partial charge in [0.2, 0.25) is 5.91 Å². The lowest BCUT2D eigenvalue weighted by atomic mass is 10.2. The lowest BCUT2D eigenvalue weighted by Crippen LogP contribution is -2.26. The van der Waals surface area contributed by atoms with Crippen molar-refractivity contribution in [1.29, 1.82) is 0 Å². The Hall–Kier alpha value is -1.93.